The number of para-hydroxylation sites is 1. The van der Waals surface area contributed by atoms with Crippen molar-refractivity contribution in [2.45, 2.75) is 24.7 Å². The van der Waals surface area contributed by atoms with Gasteiger partial charge < -0.3 is 5.11 Å². The normalized spacial score (nSPS) is 11.7. The number of rotatable bonds is 6. The Morgan fingerprint density at radius 1 is 1.00 bits per heavy atom. The summed E-state index contributed by atoms with van der Waals surface area (Å²) in [7, 11) is -4.19. The first-order valence-corrected chi connectivity index (χ1v) is 11.2. The fourth-order valence-electron chi connectivity index (χ4n) is 3.80. The fourth-order valence-corrected chi connectivity index (χ4v) is 5.63. The van der Waals surface area contributed by atoms with Crippen molar-refractivity contribution in [2.75, 3.05) is 0 Å². The molecule has 0 aliphatic heterocycles. The molecule has 1 N–H and O–H groups in total. The van der Waals surface area contributed by atoms with Crippen LogP contribution in [0.3, 0.4) is 0 Å². The summed E-state index contributed by atoms with van der Waals surface area (Å²) in [6.07, 6.45) is 1.51. The average molecular weight is 437 g/mol. The molecule has 0 spiro atoms. The van der Waals surface area contributed by atoms with E-state index in [1.165, 1.54) is 25.3 Å². The summed E-state index contributed by atoms with van der Waals surface area (Å²) in [6, 6.07) is 18.6. The zero-order chi connectivity index (χ0) is 22.2. The lowest BCUT2D eigenvalue weighted by molar-refractivity contribution is -0.136. The summed E-state index contributed by atoms with van der Waals surface area (Å²) in [5.74, 6) is -1.58. The molecule has 0 aliphatic carbocycles. The van der Waals surface area contributed by atoms with Crippen molar-refractivity contribution < 1.29 is 22.7 Å². The average Bonchev–Trinajstić information content (AvgIpc) is 3.14. The smallest absolute Gasteiger partial charge is 0.303 e. The molecule has 0 bridgehead atoms. The molecule has 0 aliphatic rings. The van der Waals surface area contributed by atoms with Gasteiger partial charge in [0.15, 0.2) is 0 Å². The van der Waals surface area contributed by atoms with Crippen molar-refractivity contribution in [3.63, 3.8) is 0 Å². The van der Waals surface area contributed by atoms with E-state index in [0.717, 1.165) is 3.97 Å². The highest BCUT2D eigenvalue weighted by molar-refractivity contribution is 7.90. The number of carboxylic acid groups (broad SMARTS) is 1. The van der Waals surface area contributed by atoms with Crippen molar-refractivity contribution in [1.82, 2.24) is 3.97 Å². The first-order valence-electron chi connectivity index (χ1n) is 9.71. The number of benzene rings is 3. The SMILES string of the molecule is Cc1c(F)ccc(-c2ccccc2)c1S(=O)(=O)n1cc(CCC(=O)O)c2ccccc21. The van der Waals surface area contributed by atoms with Crippen molar-refractivity contribution in [3.05, 3.63) is 89.9 Å². The summed E-state index contributed by atoms with van der Waals surface area (Å²) in [4.78, 5) is 10.9. The Hall–Kier alpha value is -3.45. The number of aryl methyl sites for hydroxylation is 1. The molecule has 7 heteroatoms. The van der Waals surface area contributed by atoms with Crippen molar-refractivity contribution in [2.24, 2.45) is 0 Å². The molecule has 0 unspecified atom stereocenters. The number of fused-ring (bicyclic) bond motifs is 1. The first kappa shape index (κ1) is 20.8. The zero-order valence-corrected chi connectivity index (χ0v) is 17.6. The van der Waals surface area contributed by atoms with Gasteiger partial charge in [0.1, 0.15) is 10.7 Å². The summed E-state index contributed by atoms with van der Waals surface area (Å²) in [5, 5.41) is 9.71. The highest BCUT2D eigenvalue weighted by Crippen LogP contribution is 2.35. The van der Waals surface area contributed by atoms with Crippen LogP contribution in [0.4, 0.5) is 4.39 Å². The van der Waals surface area contributed by atoms with Gasteiger partial charge in [0.2, 0.25) is 0 Å². The number of carboxylic acids is 1. The summed E-state index contributed by atoms with van der Waals surface area (Å²) in [5.41, 5.74) is 2.13. The topological polar surface area (TPSA) is 76.4 Å². The monoisotopic (exact) mass is 437 g/mol. The Labute approximate surface area is 179 Å². The molecule has 4 rings (SSSR count). The maximum absolute atomic E-state index is 14.5. The Kier molecular flexibility index (Phi) is 5.37. The molecule has 0 atom stereocenters. The van der Waals surface area contributed by atoms with Crippen LogP contribution in [0, 0.1) is 12.7 Å². The lowest BCUT2D eigenvalue weighted by Crippen LogP contribution is -2.15. The van der Waals surface area contributed by atoms with E-state index in [2.05, 4.69) is 0 Å². The van der Waals surface area contributed by atoms with Gasteiger partial charge in [0, 0.05) is 29.1 Å². The van der Waals surface area contributed by atoms with Crippen LogP contribution in [0.1, 0.15) is 17.5 Å². The predicted molar refractivity (Wildman–Crippen MR) is 117 cm³/mol. The number of nitrogens with zero attached hydrogens (tertiary/aromatic N) is 1. The van der Waals surface area contributed by atoms with E-state index in [-0.39, 0.29) is 23.3 Å². The minimum atomic E-state index is -4.19. The molecule has 4 aromatic rings. The maximum atomic E-state index is 14.5. The zero-order valence-electron chi connectivity index (χ0n) is 16.7. The number of aliphatic carboxylic acids is 1. The van der Waals surface area contributed by atoms with Gasteiger partial charge in [-0.3, -0.25) is 4.79 Å². The molecule has 0 saturated carbocycles. The Balaban J connectivity index is 1.98. The van der Waals surface area contributed by atoms with Crippen molar-refractivity contribution in [3.8, 4) is 11.1 Å². The predicted octanol–water partition coefficient (Wildman–Crippen LogP) is 5.01. The van der Waals surface area contributed by atoms with Gasteiger partial charge in [-0.05, 0) is 36.6 Å². The molecule has 0 amide bonds. The quantitative estimate of drug-likeness (QED) is 0.460. The van der Waals surface area contributed by atoms with E-state index >= 15 is 0 Å². The minimum absolute atomic E-state index is 0.0335. The molecule has 158 valence electrons. The largest absolute Gasteiger partial charge is 0.481 e. The van der Waals surface area contributed by atoms with Crippen LogP contribution < -0.4 is 0 Å². The lowest BCUT2D eigenvalue weighted by Gasteiger charge is -2.16. The number of aromatic nitrogens is 1. The number of hydrogen-bond donors (Lipinski definition) is 1. The van der Waals surface area contributed by atoms with Crippen molar-refractivity contribution >= 4 is 26.9 Å². The third-order valence-electron chi connectivity index (χ3n) is 5.31. The van der Waals surface area contributed by atoms with Crippen LogP contribution in [0.5, 0.6) is 0 Å². The van der Waals surface area contributed by atoms with Gasteiger partial charge in [-0.1, -0.05) is 54.6 Å². The van der Waals surface area contributed by atoms with E-state index in [0.29, 0.717) is 27.6 Å². The van der Waals surface area contributed by atoms with E-state index in [4.69, 9.17) is 5.11 Å². The van der Waals surface area contributed by atoms with Crippen LogP contribution in [0.2, 0.25) is 0 Å². The minimum Gasteiger partial charge on any atom is -0.481 e. The third-order valence-corrected chi connectivity index (χ3v) is 7.17. The number of carbonyl (C=O) groups is 1. The molecule has 0 radical (unpaired) electrons. The van der Waals surface area contributed by atoms with E-state index in [1.807, 2.05) is 6.07 Å². The molecular formula is C24H20FNO4S. The second kappa shape index (κ2) is 8.00. The molecule has 0 fully saturated rings. The van der Waals surface area contributed by atoms with Gasteiger partial charge in [-0.15, -0.1) is 0 Å². The third kappa shape index (κ3) is 3.72. The molecule has 0 saturated heterocycles. The van der Waals surface area contributed by atoms with Gasteiger partial charge in [0.25, 0.3) is 10.0 Å². The van der Waals surface area contributed by atoms with Gasteiger partial charge in [0.05, 0.1) is 5.52 Å². The highest BCUT2D eigenvalue weighted by Gasteiger charge is 2.28. The second-order valence-corrected chi connectivity index (χ2v) is 9.03. The van der Waals surface area contributed by atoms with Gasteiger partial charge in [-0.2, -0.15) is 0 Å². The van der Waals surface area contributed by atoms with Crippen molar-refractivity contribution in [1.29, 1.82) is 0 Å². The molecular weight excluding hydrogens is 417 g/mol. The van der Waals surface area contributed by atoms with E-state index in [9.17, 15) is 17.6 Å². The molecule has 1 heterocycles. The van der Waals surface area contributed by atoms with Gasteiger partial charge >= 0.3 is 5.97 Å². The fraction of sp³-hybridized carbons (Fsp3) is 0.125. The molecule has 1 aromatic heterocycles. The summed E-state index contributed by atoms with van der Waals surface area (Å²) < 4.78 is 43.3. The van der Waals surface area contributed by atoms with Crippen LogP contribution in [0.15, 0.2) is 77.8 Å². The maximum Gasteiger partial charge on any atom is 0.303 e. The van der Waals surface area contributed by atoms with E-state index in [1.54, 1.807) is 48.5 Å². The van der Waals surface area contributed by atoms with E-state index < -0.39 is 21.8 Å². The van der Waals surface area contributed by atoms with Gasteiger partial charge in [-0.25, -0.2) is 16.8 Å². The van der Waals surface area contributed by atoms with Crippen LogP contribution in [-0.2, 0) is 21.2 Å². The molecule has 31 heavy (non-hydrogen) atoms. The van der Waals surface area contributed by atoms with Crippen LogP contribution in [-0.4, -0.2) is 23.5 Å². The standard InChI is InChI=1S/C24H20FNO4S/c1-16-21(25)13-12-20(17-7-3-2-4-8-17)24(16)31(29,30)26-15-18(11-14-23(27)28)19-9-5-6-10-22(19)26/h2-10,12-13,15H,11,14H2,1H3,(H,27,28). The molecule has 5 nitrogen and oxygen atoms in total. The Morgan fingerprint density at radius 3 is 2.39 bits per heavy atom. The number of hydrogen-bond acceptors (Lipinski definition) is 3. The summed E-state index contributed by atoms with van der Waals surface area (Å²) in [6.45, 7) is 1.45. The first-order chi connectivity index (χ1) is 14.8. The number of halogens is 1. The second-order valence-electron chi connectivity index (χ2n) is 7.28. The summed E-state index contributed by atoms with van der Waals surface area (Å²) >= 11 is 0. The van der Waals surface area contributed by atoms with Crippen LogP contribution >= 0.6 is 0 Å². The molecule has 3 aromatic carbocycles. The Bertz CT molecular complexity index is 1390. The Morgan fingerprint density at radius 2 is 1.68 bits per heavy atom. The lowest BCUT2D eigenvalue weighted by atomic mass is 10.0. The highest BCUT2D eigenvalue weighted by atomic mass is 32.2. The van der Waals surface area contributed by atoms with Crippen LogP contribution in [0.25, 0.3) is 22.0 Å².